The van der Waals surface area contributed by atoms with E-state index in [1.807, 2.05) is 0 Å². The molecular weight excluding hydrogens is 278 g/mol. The molecule has 2 N–H and O–H groups in total. The third kappa shape index (κ3) is 2.94. The summed E-state index contributed by atoms with van der Waals surface area (Å²) in [5.74, 6) is -1.43. The van der Waals surface area contributed by atoms with Crippen LogP contribution in [0.2, 0.25) is 0 Å². The SMILES string of the molecule is Cc1csc(C(=O)O)c1NC(=O)/C=C/c1ccnn1C. The van der Waals surface area contributed by atoms with Crippen molar-refractivity contribution < 1.29 is 14.7 Å². The van der Waals surface area contributed by atoms with Crippen molar-refractivity contribution in [3.05, 3.63) is 39.9 Å². The summed E-state index contributed by atoms with van der Waals surface area (Å²) in [7, 11) is 1.77. The van der Waals surface area contributed by atoms with E-state index in [4.69, 9.17) is 5.11 Å². The summed E-state index contributed by atoms with van der Waals surface area (Å²) in [6.07, 6.45) is 4.59. The number of thiophene rings is 1. The Morgan fingerprint density at radius 3 is 2.85 bits per heavy atom. The monoisotopic (exact) mass is 291 g/mol. The van der Waals surface area contributed by atoms with Gasteiger partial charge in [0.2, 0.25) is 5.91 Å². The standard InChI is InChI=1S/C13H13N3O3S/c1-8-7-20-12(13(18)19)11(8)15-10(17)4-3-9-5-6-14-16(9)2/h3-7H,1-2H3,(H,15,17)(H,18,19)/b4-3+. The molecule has 0 spiro atoms. The Kier molecular flexibility index (Phi) is 3.99. The molecule has 0 aliphatic rings. The van der Waals surface area contributed by atoms with Crippen molar-refractivity contribution in [2.45, 2.75) is 6.92 Å². The van der Waals surface area contributed by atoms with Gasteiger partial charge in [0, 0.05) is 19.3 Å². The van der Waals surface area contributed by atoms with Gasteiger partial charge in [-0.2, -0.15) is 5.10 Å². The highest BCUT2D eigenvalue weighted by molar-refractivity contribution is 7.12. The Labute approximate surface area is 119 Å². The molecule has 0 saturated carbocycles. The molecule has 20 heavy (non-hydrogen) atoms. The third-order valence-electron chi connectivity index (χ3n) is 2.68. The molecule has 0 aliphatic carbocycles. The van der Waals surface area contributed by atoms with Crippen LogP contribution in [0.25, 0.3) is 6.08 Å². The van der Waals surface area contributed by atoms with Gasteiger partial charge >= 0.3 is 5.97 Å². The number of aromatic carboxylic acids is 1. The number of carbonyl (C=O) groups is 2. The van der Waals surface area contributed by atoms with E-state index in [-0.39, 0.29) is 10.8 Å². The van der Waals surface area contributed by atoms with Gasteiger partial charge in [-0.3, -0.25) is 9.48 Å². The van der Waals surface area contributed by atoms with E-state index >= 15 is 0 Å². The minimum Gasteiger partial charge on any atom is -0.477 e. The molecule has 104 valence electrons. The molecule has 0 aromatic carbocycles. The second-order valence-corrected chi connectivity index (χ2v) is 5.01. The van der Waals surface area contributed by atoms with E-state index in [0.29, 0.717) is 5.69 Å². The zero-order valence-corrected chi connectivity index (χ0v) is 11.8. The first-order valence-corrected chi connectivity index (χ1v) is 6.65. The number of aromatic nitrogens is 2. The first-order chi connectivity index (χ1) is 9.49. The lowest BCUT2D eigenvalue weighted by molar-refractivity contribution is -0.111. The third-order valence-corrected chi connectivity index (χ3v) is 3.77. The van der Waals surface area contributed by atoms with Gasteiger partial charge in [-0.1, -0.05) is 0 Å². The molecule has 7 heteroatoms. The van der Waals surface area contributed by atoms with Crippen LogP contribution in [0.4, 0.5) is 5.69 Å². The number of hydrogen-bond donors (Lipinski definition) is 2. The Hall–Kier alpha value is -2.41. The fourth-order valence-electron chi connectivity index (χ4n) is 1.63. The van der Waals surface area contributed by atoms with Gasteiger partial charge in [0.15, 0.2) is 0 Å². The molecule has 0 aliphatic heterocycles. The minimum atomic E-state index is -1.05. The number of rotatable bonds is 4. The highest BCUT2D eigenvalue weighted by atomic mass is 32.1. The van der Waals surface area contributed by atoms with Crippen molar-refractivity contribution in [2.24, 2.45) is 7.05 Å². The largest absolute Gasteiger partial charge is 0.477 e. The minimum absolute atomic E-state index is 0.129. The van der Waals surface area contributed by atoms with E-state index in [1.165, 1.54) is 6.08 Å². The quantitative estimate of drug-likeness (QED) is 0.845. The van der Waals surface area contributed by atoms with Crippen LogP contribution < -0.4 is 5.32 Å². The summed E-state index contributed by atoms with van der Waals surface area (Å²) >= 11 is 1.09. The van der Waals surface area contributed by atoms with Crippen LogP contribution in [0.3, 0.4) is 0 Å². The van der Waals surface area contributed by atoms with E-state index in [1.54, 1.807) is 42.4 Å². The number of aryl methyl sites for hydroxylation is 2. The number of carboxylic acid groups (broad SMARTS) is 1. The number of nitrogens with zero attached hydrogens (tertiary/aromatic N) is 2. The van der Waals surface area contributed by atoms with Crippen LogP contribution in [0, 0.1) is 6.92 Å². The van der Waals surface area contributed by atoms with Gasteiger partial charge < -0.3 is 10.4 Å². The molecule has 0 atom stereocenters. The number of hydrogen-bond acceptors (Lipinski definition) is 4. The molecule has 0 unspecified atom stereocenters. The zero-order chi connectivity index (χ0) is 14.7. The van der Waals surface area contributed by atoms with E-state index in [2.05, 4.69) is 10.4 Å². The Balaban J connectivity index is 2.13. The highest BCUT2D eigenvalue weighted by Crippen LogP contribution is 2.27. The summed E-state index contributed by atoms with van der Waals surface area (Å²) in [4.78, 5) is 23.0. The molecule has 0 radical (unpaired) electrons. The van der Waals surface area contributed by atoms with Crippen LogP contribution in [0.15, 0.2) is 23.7 Å². The maximum absolute atomic E-state index is 11.8. The van der Waals surface area contributed by atoms with Crippen molar-refractivity contribution in [1.82, 2.24) is 9.78 Å². The first kappa shape index (κ1) is 14.0. The molecule has 2 aromatic heterocycles. The molecule has 0 saturated heterocycles. The summed E-state index contributed by atoms with van der Waals surface area (Å²) in [6, 6.07) is 1.77. The molecule has 2 rings (SSSR count). The number of amides is 1. The second-order valence-electron chi connectivity index (χ2n) is 4.13. The van der Waals surface area contributed by atoms with Crippen LogP contribution in [0.1, 0.15) is 20.9 Å². The summed E-state index contributed by atoms with van der Waals surface area (Å²) in [6.45, 7) is 1.75. The average molecular weight is 291 g/mol. The normalized spacial score (nSPS) is 10.9. The van der Waals surface area contributed by atoms with Gasteiger partial charge in [-0.25, -0.2) is 4.79 Å². The molecule has 2 heterocycles. The highest BCUT2D eigenvalue weighted by Gasteiger charge is 2.16. The van der Waals surface area contributed by atoms with E-state index in [9.17, 15) is 9.59 Å². The fraction of sp³-hybridized carbons (Fsp3) is 0.154. The second kappa shape index (κ2) is 5.70. The molecule has 0 fully saturated rings. The number of carboxylic acids is 1. The molecule has 0 bridgehead atoms. The lowest BCUT2D eigenvalue weighted by Crippen LogP contribution is -2.11. The van der Waals surface area contributed by atoms with Crippen LogP contribution >= 0.6 is 11.3 Å². The molecular formula is C13H13N3O3S. The van der Waals surface area contributed by atoms with Crippen molar-refractivity contribution in [1.29, 1.82) is 0 Å². The van der Waals surface area contributed by atoms with Gasteiger partial charge in [-0.05, 0) is 30.0 Å². The average Bonchev–Trinajstić information content (AvgIpc) is 2.94. The van der Waals surface area contributed by atoms with Gasteiger partial charge in [0.25, 0.3) is 0 Å². The summed E-state index contributed by atoms with van der Waals surface area (Å²) < 4.78 is 1.63. The topological polar surface area (TPSA) is 84.2 Å². The van der Waals surface area contributed by atoms with E-state index < -0.39 is 5.97 Å². The molecule has 1 amide bonds. The number of nitrogens with one attached hydrogen (secondary N) is 1. The van der Waals surface area contributed by atoms with Crippen molar-refractivity contribution >= 4 is 35.0 Å². The Morgan fingerprint density at radius 2 is 2.25 bits per heavy atom. The van der Waals surface area contributed by atoms with E-state index in [0.717, 1.165) is 22.6 Å². The predicted octanol–water partition coefficient (Wildman–Crippen LogP) is 2.14. The van der Waals surface area contributed by atoms with Crippen LogP contribution in [0.5, 0.6) is 0 Å². The first-order valence-electron chi connectivity index (χ1n) is 5.77. The number of carbonyl (C=O) groups excluding carboxylic acids is 1. The summed E-state index contributed by atoms with van der Waals surface area (Å²) in [5, 5.41) is 17.3. The van der Waals surface area contributed by atoms with Crippen LogP contribution in [-0.4, -0.2) is 26.8 Å². The fourth-order valence-corrected chi connectivity index (χ4v) is 2.47. The van der Waals surface area contributed by atoms with Crippen LogP contribution in [-0.2, 0) is 11.8 Å². The smallest absolute Gasteiger partial charge is 0.348 e. The van der Waals surface area contributed by atoms with Gasteiger partial charge in [0.05, 0.1) is 11.4 Å². The Morgan fingerprint density at radius 1 is 1.50 bits per heavy atom. The maximum atomic E-state index is 11.8. The van der Waals surface area contributed by atoms with Crippen molar-refractivity contribution in [3.8, 4) is 0 Å². The predicted molar refractivity (Wildman–Crippen MR) is 76.9 cm³/mol. The lowest BCUT2D eigenvalue weighted by Gasteiger charge is -2.03. The molecule has 2 aromatic rings. The Bertz CT molecular complexity index is 685. The zero-order valence-electron chi connectivity index (χ0n) is 11.0. The van der Waals surface area contributed by atoms with Crippen molar-refractivity contribution in [2.75, 3.05) is 5.32 Å². The summed E-state index contributed by atoms with van der Waals surface area (Å²) in [5.41, 5.74) is 1.86. The van der Waals surface area contributed by atoms with Gasteiger partial charge in [-0.15, -0.1) is 11.3 Å². The molecule has 6 nitrogen and oxygen atoms in total. The maximum Gasteiger partial charge on any atom is 0.348 e. The van der Waals surface area contributed by atoms with Gasteiger partial charge in [0.1, 0.15) is 4.88 Å². The number of anilines is 1. The van der Waals surface area contributed by atoms with Crippen molar-refractivity contribution in [3.63, 3.8) is 0 Å². The lowest BCUT2D eigenvalue weighted by atomic mass is 10.2.